The number of hydrogen-bond donors (Lipinski definition) is 0. The molecule has 0 aromatic rings. The molecule has 17 heteroatoms. The standard InChI is InChI=1S/C14H14F14O2S/c15-8(31-3-1-2-29-5-7-6-30-7)4-9(16,17)10(18,19)11(20,21)12(22,23)13(24,25)14(26,27)28/h7-8H,1-6H2. The van der Waals surface area contributed by atoms with E-state index in [1.54, 1.807) is 0 Å². The SMILES string of the molecule is FC(CC(F)(F)C(F)(F)C(F)(F)C(F)(F)C(F)(F)C(F)(F)F)SCCCOCC1CO1. The third-order valence-corrected chi connectivity index (χ3v) is 4.91. The molecule has 1 fully saturated rings. The number of halogens is 14. The summed E-state index contributed by atoms with van der Waals surface area (Å²) in [6, 6.07) is 0. The van der Waals surface area contributed by atoms with E-state index in [2.05, 4.69) is 0 Å². The smallest absolute Gasteiger partial charge is 0.379 e. The van der Waals surface area contributed by atoms with E-state index in [4.69, 9.17) is 9.47 Å². The molecule has 1 rings (SSSR count). The van der Waals surface area contributed by atoms with Crippen molar-refractivity contribution in [3.8, 4) is 0 Å². The first-order chi connectivity index (χ1) is 13.7. The fourth-order valence-electron chi connectivity index (χ4n) is 1.94. The minimum Gasteiger partial charge on any atom is -0.379 e. The van der Waals surface area contributed by atoms with E-state index in [9.17, 15) is 61.5 Å². The van der Waals surface area contributed by atoms with Gasteiger partial charge < -0.3 is 9.47 Å². The molecule has 0 aromatic carbocycles. The van der Waals surface area contributed by atoms with Gasteiger partial charge in [-0.15, -0.1) is 11.8 Å². The summed E-state index contributed by atoms with van der Waals surface area (Å²) in [5, 5.41) is 0. The number of alkyl halides is 14. The number of rotatable bonds is 13. The predicted octanol–water partition coefficient (Wildman–Crippen LogP) is 5.95. The van der Waals surface area contributed by atoms with E-state index < -0.39 is 47.7 Å². The van der Waals surface area contributed by atoms with Crippen molar-refractivity contribution in [2.45, 2.75) is 60.2 Å². The van der Waals surface area contributed by atoms with Crippen LogP contribution in [0, 0.1) is 0 Å². The Morgan fingerprint density at radius 1 is 0.806 bits per heavy atom. The Morgan fingerprint density at radius 3 is 1.74 bits per heavy atom. The average Bonchev–Trinajstić information content (AvgIpc) is 3.40. The minimum absolute atomic E-state index is 0.0359. The van der Waals surface area contributed by atoms with Gasteiger partial charge in [0.1, 0.15) is 6.10 Å². The van der Waals surface area contributed by atoms with Crippen molar-refractivity contribution in [3.05, 3.63) is 0 Å². The van der Waals surface area contributed by atoms with Crippen LogP contribution in [0.5, 0.6) is 0 Å². The zero-order valence-corrected chi connectivity index (χ0v) is 15.7. The molecule has 0 aromatic heterocycles. The highest BCUT2D eigenvalue weighted by molar-refractivity contribution is 7.99. The van der Waals surface area contributed by atoms with E-state index in [1.807, 2.05) is 0 Å². The summed E-state index contributed by atoms with van der Waals surface area (Å²) in [6.45, 7) is 0.562. The van der Waals surface area contributed by atoms with Crippen LogP contribution in [0.4, 0.5) is 61.5 Å². The third kappa shape index (κ3) is 5.81. The zero-order valence-electron chi connectivity index (χ0n) is 14.9. The lowest BCUT2D eigenvalue weighted by molar-refractivity contribution is -0.440. The number of ether oxygens (including phenoxy) is 2. The van der Waals surface area contributed by atoms with E-state index >= 15 is 0 Å². The van der Waals surface area contributed by atoms with Gasteiger partial charge in [0.2, 0.25) is 0 Å². The van der Waals surface area contributed by atoms with Crippen LogP contribution in [0.1, 0.15) is 12.8 Å². The fourth-order valence-corrected chi connectivity index (χ4v) is 2.81. The van der Waals surface area contributed by atoms with Crippen molar-refractivity contribution in [2.75, 3.05) is 25.6 Å². The van der Waals surface area contributed by atoms with Crippen LogP contribution in [0.25, 0.3) is 0 Å². The fraction of sp³-hybridized carbons (Fsp3) is 1.00. The number of hydrogen-bond acceptors (Lipinski definition) is 3. The highest BCUT2D eigenvalue weighted by Crippen LogP contribution is 2.61. The second-order valence-electron chi connectivity index (χ2n) is 6.37. The minimum atomic E-state index is -7.98. The summed E-state index contributed by atoms with van der Waals surface area (Å²) in [6.07, 6.45) is -10.5. The van der Waals surface area contributed by atoms with Gasteiger partial charge >= 0.3 is 35.8 Å². The molecule has 0 N–H and O–H groups in total. The van der Waals surface area contributed by atoms with Crippen LogP contribution in [0.3, 0.4) is 0 Å². The quantitative estimate of drug-likeness (QED) is 0.173. The second-order valence-corrected chi connectivity index (χ2v) is 7.62. The van der Waals surface area contributed by atoms with Crippen molar-refractivity contribution in [2.24, 2.45) is 0 Å². The first-order valence-electron chi connectivity index (χ1n) is 8.13. The molecule has 0 bridgehead atoms. The number of thioether (sulfide) groups is 1. The lowest BCUT2D eigenvalue weighted by atomic mass is 9.93. The molecule has 0 radical (unpaired) electrons. The molecular weight excluding hydrogens is 498 g/mol. The molecule has 0 amide bonds. The van der Waals surface area contributed by atoms with Crippen molar-refractivity contribution in [3.63, 3.8) is 0 Å². The van der Waals surface area contributed by atoms with Gasteiger partial charge in [0.25, 0.3) is 0 Å². The van der Waals surface area contributed by atoms with Gasteiger partial charge in [-0.25, -0.2) is 4.39 Å². The van der Waals surface area contributed by atoms with Gasteiger partial charge in [0, 0.05) is 6.61 Å². The van der Waals surface area contributed by atoms with Crippen molar-refractivity contribution < 1.29 is 70.9 Å². The molecule has 0 spiro atoms. The van der Waals surface area contributed by atoms with Crippen LogP contribution >= 0.6 is 11.8 Å². The summed E-state index contributed by atoms with van der Waals surface area (Å²) < 4.78 is 191. The molecule has 1 saturated heterocycles. The monoisotopic (exact) mass is 512 g/mol. The van der Waals surface area contributed by atoms with E-state index in [-0.39, 0.29) is 43.3 Å². The first-order valence-corrected chi connectivity index (χ1v) is 9.18. The molecule has 0 aliphatic carbocycles. The molecule has 1 heterocycles. The highest BCUT2D eigenvalue weighted by atomic mass is 32.2. The van der Waals surface area contributed by atoms with Crippen LogP contribution in [-0.4, -0.2) is 73.0 Å². The molecular formula is C14H14F14O2S. The van der Waals surface area contributed by atoms with Crippen molar-refractivity contribution >= 4 is 11.8 Å². The van der Waals surface area contributed by atoms with Crippen LogP contribution < -0.4 is 0 Å². The molecule has 31 heavy (non-hydrogen) atoms. The molecule has 2 nitrogen and oxygen atoms in total. The van der Waals surface area contributed by atoms with Crippen molar-refractivity contribution in [1.29, 1.82) is 0 Å². The topological polar surface area (TPSA) is 21.8 Å². The zero-order chi connectivity index (χ0) is 24.5. The third-order valence-electron chi connectivity index (χ3n) is 3.85. The summed E-state index contributed by atoms with van der Waals surface area (Å²) in [5.74, 6) is -37.9. The predicted molar refractivity (Wildman–Crippen MR) is 77.9 cm³/mol. The number of epoxide rings is 1. The normalized spacial score (nSPS) is 20.1. The average molecular weight is 512 g/mol. The second kappa shape index (κ2) is 9.27. The van der Waals surface area contributed by atoms with Gasteiger partial charge in [-0.2, -0.15) is 57.1 Å². The Morgan fingerprint density at radius 2 is 1.29 bits per heavy atom. The Hall–Kier alpha value is -0.710. The van der Waals surface area contributed by atoms with Gasteiger partial charge in [-0.1, -0.05) is 0 Å². The van der Waals surface area contributed by atoms with Crippen molar-refractivity contribution in [1.82, 2.24) is 0 Å². The molecule has 186 valence electrons. The van der Waals surface area contributed by atoms with Crippen LogP contribution in [0.2, 0.25) is 0 Å². The van der Waals surface area contributed by atoms with E-state index in [0.717, 1.165) is 0 Å². The van der Waals surface area contributed by atoms with Gasteiger partial charge in [-0.3, -0.25) is 0 Å². The Labute approximate surface area is 169 Å². The highest BCUT2D eigenvalue weighted by Gasteiger charge is 2.90. The summed E-state index contributed by atoms with van der Waals surface area (Å²) in [4.78, 5) is 0. The molecule has 1 aliphatic heterocycles. The summed E-state index contributed by atoms with van der Waals surface area (Å²) in [7, 11) is 0. The van der Waals surface area contributed by atoms with E-state index in [0.29, 0.717) is 6.61 Å². The maximum Gasteiger partial charge on any atom is 0.460 e. The molecule has 2 atom stereocenters. The first kappa shape index (κ1) is 28.3. The van der Waals surface area contributed by atoms with Crippen LogP contribution in [-0.2, 0) is 9.47 Å². The molecule has 0 saturated carbocycles. The maximum absolute atomic E-state index is 13.5. The lowest BCUT2D eigenvalue weighted by Gasteiger charge is -2.39. The summed E-state index contributed by atoms with van der Waals surface area (Å²) >= 11 is -0.130. The van der Waals surface area contributed by atoms with Gasteiger partial charge in [0.15, 0.2) is 5.50 Å². The summed E-state index contributed by atoms with van der Waals surface area (Å²) in [5.41, 5.74) is -3.07. The van der Waals surface area contributed by atoms with E-state index in [1.165, 1.54) is 0 Å². The molecule has 2 unspecified atom stereocenters. The largest absolute Gasteiger partial charge is 0.460 e. The maximum atomic E-state index is 13.5. The van der Waals surface area contributed by atoms with Gasteiger partial charge in [0.05, 0.1) is 19.6 Å². The molecule has 1 aliphatic rings. The lowest BCUT2D eigenvalue weighted by Crippen LogP contribution is -2.70. The van der Waals surface area contributed by atoms with Crippen LogP contribution in [0.15, 0.2) is 0 Å². The Kier molecular flexibility index (Phi) is 8.47. The van der Waals surface area contributed by atoms with Gasteiger partial charge in [-0.05, 0) is 12.2 Å². The Bertz CT molecular complexity index is 590. The Balaban J connectivity index is 2.80.